The monoisotopic (exact) mass is 247 g/mol. The molecule has 0 aliphatic heterocycles. The first-order valence-corrected chi connectivity index (χ1v) is 5.31. The Balaban J connectivity index is 3.80. The van der Waals surface area contributed by atoms with Crippen LogP contribution in [0.4, 0.5) is 0 Å². The van der Waals surface area contributed by atoms with Crippen molar-refractivity contribution in [2.24, 2.45) is 0 Å². The number of hydrogen-bond acceptors (Lipinski definition) is 6. The molecule has 0 aromatic heterocycles. The van der Waals surface area contributed by atoms with E-state index in [-0.39, 0.29) is 18.8 Å². The normalized spacial score (nSPS) is 11.6. The first-order chi connectivity index (χ1) is 8.02. The molecule has 1 unspecified atom stereocenters. The third-order valence-corrected chi connectivity index (χ3v) is 2.31. The predicted octanol–water partition coefficient (Wildman–Crippen LogP) is 0.928. The fraction of sp³-hybridized carbons (Fsp3) is 0.800. The highest BCUT2D eigenvalue weighted by Gasteiger charge is 2.29. The van der Waals surface area contributed by atoms with Gasteiger partial charge in [0.25, 0.3) is 0 Å². The quantitative estimate of drug-likeness (QED) is 0.274. The van der Waals surface area contributed by atoms with E-state index in [4.69, 9.17) is 0 Å². The number of carbonyl (C=O) groups is 2. The van der Waals surface area contributed by atoms with Crippen LogP contribution in [0.2, 0.25) is 0 Å². The molecule has 0 aromatic rings. The molecule has 1 atom stereocenters. The summed E-state index contributed by atoms with van der Waals surface area (Å²) in [6.07, 6.45) is 2.14. The smallest absolute Gasteiger partial charge is 0.381 e. The second-order valence-electron chi connectivity index (χ2n) is 3.50. The van der Waals surface area contributed by atoms with E-state index in [0.717, 1.165) is 7.11 Å². The number of carbonyl (C=O) groups excluding carboxylic acids is 2. The Bertz CT molecular complexity index is 278. The molecule has 0 aliphatic carbocycles. The van der Waals surface area contributed by atoms with E-state index in [1.165, 1.54) is 7.11 Å². The van der Waals surface area contributed by atoms with Gasteiger partial charge in [-0.1, -0.05) is 6.42 Å². The zero-order valence-electron chi connectivity index (χ0n) is 10.0. The van der Waals surface area contributed by atoms with Crippen LogP contribution in [0, 0.1) is 10.1 Å². The fourth-order valence-corrected chi connectivity index (χ4v) is 1.33. The molecule has 0 amide bonds. The summed E-state index contributed by atoms with van der Waals surface area (Å²) in [5, 5.41) is 10.5. The highest BCUT2D eigenvalue weighted by atomic mass is 16.6. The second-order valence-corrected chi connectivity index (χ2v) is 3.50. The van der Waals surface area contributed by atoms with Crippen LogP contribution in [0.15, 0.2) is 0 Å². The van der Waals surface area contributed by atoms with E-state index in [2.05, 4.69) is 9.47 Å². The van der Waals surface area contributed by atoms with Crippen molar-refractivity contribution in [2.45, 2.75) is 38.1 Å². The lowest BCUT2D eigenvalue weighted by molar-refractivity contribution is -0.511. The standard InChI is InChI=1S/C10H17NO6/c1-16-9(12)7-5-3-4-6-8(11(14)15)10(13)17-2/h8H,3-7H2,1-2H3. The minimum absolute atomic E-state index is 0.126. The topological polar surface area (TPSA) is 95.7 Å². The molecule has 0 saturated carbocycles. The SMILES string of the molecule is COC(=O)CCCCCC(C(=O)OC)[N+](=O)[O-]. The van der Waals surface area contributed by atoms with Crippen LogP contribution >= 0.6 is 0 Å². The van der Waals surface area contributed by atoms with Crippen LogP contribution < -0.4 is 0 Å². The van der Waals surface area contributed by atoms with E-state index >= 15 is 0 Å². The molecule has 7 nitrogen and oxygen atoms in total. The van der Waals surface area contributed by atoms with Crippen LogP contribution in [0.5, 0.6) is 0 Å². The molecule has 0 aliphatic rings. The average Bonchev–Trinajstić information content (AvgIpc) is 2.31. The number of hydrogen-bond donors (Lipinski definition) is 0. The lowest BCUT2D eigenvalue weighted by atomic mass is 10.1. The summed E-state index contributed by atoms with van der Waals surface area (Å²) in [6.45, 7) is 0. The number of nitro groups is 1. The summed E-state index contributed by atoms with van der Waals surface area (Å²) in [4.78, 5) is 31.7. The average molecular weight is 247 g/mol. The number of unbranched alkanes of at least 4 members (excludes halogenated alkanes) is 2. The van der Waals surface area contributed by atoms with Gasteiger partial charge in [0, 0.05) is 17.8 Å². The minimum atomic E-state index is -1.31. The third kappa shape index (κ3) is 6.49. The number of esters is 2. The largest absolute Gasteiger partial charge is 0.469 e. The molecule has 17 heavy (non-hydrogen) atoms. The van der Waals surface area contributed by atoms with E-state index in [0.29, 0.717) is 19.3 Å². The lowest BCUT2D eigenvalue weighted by Gasteiger charge is -2.06. The summed E-state index contributed by atoms with van der Waals surface area (Å²) in [7, 11) is 2.43. The van der Waals surface area contributed by atoms with E-state index in [1.807, 2.05) is 0 Å². The Kier molecular flexibility index (Phi) is 7.66. The molecule has 0 aromatic carbocycles. The van der Waals surface area contributed by atoms with Crippen molar-refractivity contribution < 1.29 is 24.0 Å². The van der Waals surface area contributed by atoms with E-state index in [9.17, 15) is 19.7 Å². The summed E-state index contributed by atoms with van der Waals surface area (Å²) < 4.78 is 8.78. The van der Waals surface area contributed by atoms with Crippen molar-refractivity contribution in [1.82, 2.24) is 0 Å². The number of rotatable bonds is 8. The Morgan fingerprint density at radius 3 is 2.29 bits per heavy atom. The second kappa shape index (κ2) is 8.49. The Hall–Kier alpha value is -1.66. The maximum absolute atomic E-state index is 11.0. The zero-order chi connectivity index (χ0) is 13.3. The fourth-order valence-electron chi connectivity index (χ4n) is 1.33. The number of ether oxygens (including phenoxy) is 2. The molecule has 0 saturated heterocycles. The molecule has 0 fully saturated rings. The molecule has 7 heteroatoms. The van der Waals surface area contributed by atoms with Crippen molar-refractivity contribution >= 4 is 11.9 Å². The first-order valence-electron chi connectivity index (χ1n) is 5.31. The molecule has 0 spiro atoms. The highest BCUT2D eigenvalue weighted by Crippen LogP contribution is 2.09. The van der Waals surface area contributed by atoms with Gasteiger partial charge in [-0.05, 0) is 12.8 Å². The molecule has 98 valence electrons. The zero-order valence-corrected chi connectivity index (χ0v) is 10.0. The lowest BCUT2D eigenvalue weighted by Crippen LogP contribution is -2.30. The van der Waals surface area contributed by atoms with Crippen LogP contribution in [0.25, 0.3) is 0 Å². The van der Waals surface area contributed by atoms with Gasteiger partial charge in [-0.15, -0.1) is 0 Å². The summed E-state index contributed by atoms with van der Waals surface area (Å²) >= 11 is 0. The summed E-state index contributed by atoms with van der Waals surface area (Å²) in [5.74, 6) is -1.13. The van der Waals surface area contributed by atoms with Gasteiger partial charge in [0.2, 0.25) is 0 Å². The van der Waals surface area contributed by atoms with Crippen molar-refractivity contribution in [1.29, 1.82) is 0 Å². The molecule has 0 radical (unpaired) electrons. The Labute approximate surface area is 99.2 Å². The molecule has 0 heterocycles. The molecule has 0 bridgehead atoms. The van der Waals surface area contributed by atoms with Gasteiger partial charge in [-0.25, -0.2) is 4.79 Å². The molecule has 0 N–H and O–H groups in total. The van der Waals surface area contributed by atoms with E-state index in [1.54, 1.807) is 0 Å². The summed E-state index contributed by atoms with van der Waals surface area (Å²) in [6, 6.07) is -1.31. The van der Waals surface area contributed by atoms with Crippen molar-refractivity contribution in [3.63, 3.8) is 0 Å². The van der Waals surface area contributed by atoms with Gasteiger partial charge >= 0.3 is 18.0 Å². The number of nitrogens with zero attached hydrogens (tertiary/aromatic N) is 1. The highest BCUT2D eigenvalue weighted by molar-refractivity contribution is 5.74. The Morgan fingerprint density at radius 2 is 1.82 bits per heavy atom. The van der Waals surface area contributed by atoms with Gasteiger partial charge in [-0.3, -0.25) is 14.9 Å². The van der Waals surface area contributed by atoms with E-state index < -0.39 is 16.9 Å². The van der Waals surface area contributed by atoms with Gasteiger partial charge in [0.15, 0.2) is 0 Å². The van der Waals surface area contributed by atoms with Gasteiger partial charge in [-0.2, -0.15) is 0 Å². The first kappa shape index (κ1) is 15.3. The van der Waals surface area contributed by atoms with Gasteiger partial charge < -0.3 is 9.47 Å². The number of methoxy groups -OCH3 is 2. The maximum Gasteiger partial charge on any atom is 0.381 e. The third-order valence-electron chi connectivity index (χ3n) is 2.31. The molecular weight excluding hydrogens is 230 g/mol. The van der Waals surface area contributed by atoms with Gasteiger partial charge in [0.05, 0.1) is 14.2 Å². The van der Waals surface area contributed by atoms with Crippen molar-refractivity contribution in [2.75, 3.05) is 14.2 Å². The predicted molar refractivity (Wildman–Crippen MR) is 57.9 cm³/mol. The minimum Gasteiger partial charge on any atom is -0.469 e. The Morgan fingerprint density at radius 1 is 1.18 bits per heavy atom. The van der Waals surface area contributed by atoms with Crippen LogP contribution in [0.1, 0.15) is 32.1 Å². The van der Waals surface area contributed by atoms with Gasteiger partial charge in [0.1, 0.15) is 0 Å². The van der Waals surface area contributed by atoms with Crippen LogP contribution in [-0.2, 0) is 19.1 Å². The summed E-state index contributed by atoms with van der Waals surface area (Å²) in [5.41, 5.74) is 0. The molecule has 0 rings (SSSR count). The maximum atomic E-state index is 11.0. The van der Waals surface area contributed by atoms with Crippen LogP contribution in [0.3, 0.4) is 0 Å². The van der Waals surface area contributed by atoms with Crippen molar-refractivity contribution in [3.05, 3.63) is 10.1 Å². The van der Waals surface area contributed by atoms with Crippen molar-refractivity contribution in [3.8, 4) is 0 Å². The van der Waals surface area contributed by atoms with Crippen LogP contribution in [-0.4, -0.2) is 37.1 Å². The molecular formula is C10H17NO6.